The second-order valence-electron chi connectivity index (χ2n) is 2.18. The lowest BCUT2D eigenvalue weighted by Crippen LogP contribution is -1.97. The van der Waals surface area contributed by atoms with Crippen LogP contribution in [0.4, 0.5) is 0 Å². The van der Waals surface area contributed by atoms with Gasteiger partial charge >= 0.3 is 0 Å². The topological polar surface area (TPSA) is 40.6 Å². The monoisotopic (exact) mass is 247 g/mol. The van der Waals surface area contributed by atoms with E-state index in [9.17, 15) is 0 Å². The molecule has 1 rings (SSSR count). The maximum absolute atomic E-state index is 5.12. The third-order valence-electron chi connectivity index (χ3n) is 1.51. The van der Waals surface area contributed by atoms with Crippen molar-refractivity contribution in [2.45, 2.75) is 0 Å². The van der Waals surface area contributed by atoms with Crippen LogP contribution >= 0.6 is 15.9 Å². The number of halogens is 1. The minimum atomic E-state index is 0.405. The number of rotatable bonds is 3. The molecule has 1 aromatic rings. The van der Waals surface area contributed by atoms with E-state index in [1.807, 2.05) is 0 Å². The van der Waals surface area contributed by atoms with Gasteiger partial charge in [0.15, 0.2) is 5.75 Å². The summed E-state index contributed by atoms with van der Waals surface area (Å²) in [6.07, 6.45) is 1.60. The Morgan fingerprint density at radius 2 is 1.69 bits per heavy atom. The normalized spacial score (nSPS) is 9.54. The molecule has 0 atom stereocenters. The average molecular weight is 248 g/mol. The van der Waals surface area contributed by atoms with Crippen LogP contribution in [0.2, 0.25) is 0 Å². The molecule has 0 radical (unpaired) electrons. The molecular formula is C8H10BrNO3. The van der Waals surface area contributed by atoms with Crippen molar-refractivity contribution in [3.63, 3.8) is 0 Å². The highest BCUT2D eigenvalue weighted by Crippen LogP contribution is 2.40. The van der Waals surface area contributed by atoms with Gasteiger partial charge < -0.3 is 14.2 Å². The number of hydrogen-bond donors (Lipinski definition) is 0. The zero-order chi connectivity index (χ0) is 9.84. The first-order valence-electron chi connectivity index (χ1n) is 3.55. The standard InChI is InChI=1S/C8H10BrNO3/c1-11-6-5(9)4-10-8(13-3)7(6)12-2/h4H,1-3H3. The molecule has 0 aliphatic rings. The fourth-order valence-corrected chi connectivity index (χ4v) is 1.40. The van der Waals surface area contributed by atoms with Crippen molar-refractivity contribution < 1.29 is 14.2 Å². The van der Waals surface area contributed by atoms with Crippen LogP contribution in [0.15, 0.2) is 10.7 Å². The third-order valence-corrected chi connectivity index (χ3v) is 2.08. The lowest BCUT2D eigenvalue weighted by atomic mass is 10.4. The van der Waals surface area contributed by atoms with Crippen molar-refractivity contribution in [3.8, 4) is 17.4 Å². The van der Waals surface area contributed by atoms with Crippen molar-refractivity contribution >= 4 is 15.9 Å². The molecule has 1 aromatic heterocycles. The molecule has 0 fully saturated rings. The fourth-order valence-electron chi connectivity index (χ4n) is 0.954. The molecule has 0 amide bonds. The first kappa shape index (κ1) is 10.1. The quantitative estimate of drug-likeness (QED) is 0.818. The van der Waals surface area contributed by atoms with Gasteiger partial charge in [-0.1, -0.05) is 0 Å². The summed E-state index contributed by atoms with van der Waals surface area (Å²) in [5.74, 6) is 1.47. The predicted octanol–water partition coefficient (Wildman–Crippen LogP) is 1.87. The van der Waals surface area contributed by atoms with E-state index in [0.29, 0.717) is 17.4 Å². The van der Waals surface area contributed by atoms with Gasteiger partial charge in [-0.2, -0.15) is 0 Å². The summed E-state index contributed by atoms with van der Waals surface area (Å²) < 4.78 is 15.9. The molecule has 0 aliphatic carbocycles. The highest BCUT2D eigenvalue weighted by molar-refractivity contribution is 9.10. The van der Waals surface area contributed by atoms with Gasteiger partial charge in [-0.15, -0.1) is 0 Å². The highest BCUT2D eigenvalue weighted by atomic mass is 79.9. The maximum Gasteiger partial charge on any atom is 0.260 e. The maximum atomic E-state index is 5.12. The second kappa shape index (κ2) is 4.32. The van der Waals surface area contributed by atoms with E-state index in [0.717, 1.165) is 4.47 Å². The van der Waals surface area contributed by atoms with Gasteiger partial charge in [0, 0.05) is 6.20 Å². The Morgan fingerprint density at radius 1 is 1.08 bits per heavy atom. The highest BCUT2D eigenvalue weighted by Gasteiger charge is 2.15. The van der Waals surface area contributed by atoms with Crippen LogP contribution in [0.3, 0.4) is 0 Å². The van der Waals surface area contributed by atoms with E-state index in [1.165, 1.54) is 14.2 Å². The molecule has 5 heteroatoms. The zero-order valence-electron chi connectivity index (χ0n) is 7.63. The molecule has 0 aromatic carbocycles. The largest absolute Gasteiger partial charge is 0.492 e. The lowest BCUT2D eigenvalue weighted by Gasteiger charge is -2.11. The number of nitrogens with zero attached hydrogens (tertiary/aromatic N) is 1. The molecule has 0 N–H and O–H groups in total. The second-order valence-corrected chi connectivity index (χ2v) is 3.04. The molecule has 4 nitrogen and oxygen atoms in total. The van der Waals surface area contributed by atoms with Crippen LogP contribution in [0.1, 0.15) is 0 Å². The summed E-state index contributed by atoms with van der Waals surface area (Å²) >= 11 is 3.29. The van der Waals surface area contributed by atoms with Gasteiger partial charge in [0.1, 0.15) is 0 Å². The number of hydrogen-bond acceptors (Lipinski definition) is 4. The van der Waals surface area contributed by atoms with Crippen LogP contribution in [-0.2, 0) is 0 Å². The van der Waals surface area contributed by atoms with Crippen LogP contribution in [0.5, 0.6) is 17.4 Å². The van der Waals surface area contributed by atoms with Gasteiger partial charge in [0.25, 0.3) is 5.88 Å². The Labute approximate surface area is 85.0 Å². The lowest BCUT2D eigenvalue weighted by molar-refractivity contribution is 0.314. The summed E-state index contributed by atoms with van der Waals surface area (Å²) in [7, 11) is 4.62. The third kappa shape index (κ3) is 1.85. The summed E-state index contributed by atoms with van der Waals surface area (Å²) in [4.78, 5) is 4.00. The summed E-state index contributed by atoms with van der Waals surface area (Å²) in [6, 6.07) is 0. The number of methoxy groups -OCH3 is 3. The van der Waals surface area contributed by atoms with Gasteiger partial charge in [-0.25, -0.2) is 4.98 Å². The molecule has 0 unspecified atom stereocenters. The van der Waals surface area contributed by atoms with E-state index in [4.69, 9.17) is 14.2 Å². The van der Waals surface area contributed by atoms with Crippen molar-refractivity contribution in [2.24, 2.45) is 0 Å². The summed E-state index contributed by atoms with van der Waals surface area (Å²) in [6.45, 7) is 0. The Bertz CT molecular complexity index is 304. The molecule has 0 saturated carbocycles. The van der Waals surface area contributed by atoms with Gasteiger partial charge in [-0.05, 0) is 15.9 Å². The van der Waals surface area contributed by atoms with Crippen LogP contribution in [-0.4, -0.2) is 26.3 Å². The molecule has 13 heavy (non-hydrogen) atoms. The molecule has 0 saturated heterocycles. The number of ether oxygens (including phenoxy) is 3. The number of pyridine rings is 1. The Hall–Kier alpha value is -0.970. The van der Waals surface area contributed by atoms with Gasteiger partial charge in [0.05, 0.1) is 25.8 Å². The molecule has 0 aliphatic heterocycles. The first-order chi connectivity index (χ1) is 6.24. The van der Waals surface area contributed by atoms with Crippen LogP contribution in [0.25, 0.3) is 0 Å². The zero-order valence-corrected chi connectivity index (χ0v) is 9.21. The smallest absolute Gasteiger partial charge is 0.260 e. The molecule has 0 spiro atoms. The fraction of sp³-hybridized carbons (Fsp3) is 0.375. The Morgan fingerprint density at radius 3 is 2.15 bits per heavy atom. The first-order valence-corrected chi connectivity index (χ1v) is 4.34. The molecule has 0 bridgehead atoms. The van der Waals surface area contributed by atoms with Gasteiger partial charge in [-0.3, -0.25) is 0 Å². The summed E-state index contributed by atoms with van der Waals surface area (Å²) in [5.41, 5.74) is 0. The Balaban J connectivity index is 3.27. The molecule has 72 valence electrons. The van der Waals surface area contributed by atoms with E-state index in [1.54, 1.807) is 13.3 Å². The summed E-state index contributed by atoms with van der Waals surface area (Å²) in [5, 5.41) is 0. The van der Waals surface area contributed by atoms with Crippen LogP contribution in [0, 0.1) is 0 Å². The van der Waals surface area contributed by atoms with E-state index >= 15 is 0 Å². The minimum absolute atomic E-state index is 0.405. The van der Waals surface area contributed by atoms with Crippen molar-refractivity contribution in [3.05, 3.63) is 10.7 Å². The van der Waals surface area contributed by atoms with Gasteiger partial charge in [0.2, 0.25) is 5.75 Å². The average Bonchev–Trinajstić information content (AvgIpc) is 2.17. The Kier molecular flexibility index (Phi) is 3.36. The number of aromatic nitrogens is 1. The molecule has 1 heterocycles. The predicted molar refractivity (Wildman–Crippen MR) is 51.6 cm³/mol. The molecular weight excluding hydrogens is 238 g/mol. The van der Waals surface area contributed by atoms with Crippen molar-refractivity contribution in [2.75, 3.05) is 21.3 Å². The minimum Gasteiger partial charge on any atom is -0.492 e. The van der Waals surface area contributed by atoms with Crippen LogP contribution < -0.4 is 14.2 Å². The SMILES string of the molecule is COc1ncc(Br)c(OC)c1OC. The van der Waals surface area contributed by atoms with Crippen molar-refractivity contribution in [1.29, 1.82) is 0 Å². The van der Waals surface area contributed by atoms with Crippen molar-refractivity contribution in [1.82, 2.24) is 4.98 Å². The van der Waals surface area contributed by atoms with E-state index in [2.05, 4.69) is 20.9 Å². The van der Waals surface area contributed by atoms with E-state index in [-0.39, 0.29) is 0 Å². The van der Waals surface area contributed by atoms with E-state index < -0.39 is 0 Å².